The van der Waals surface area contributed by atoms with Gasteiger partial charge in [0, 0.05) is 18.9 Å². The lowest BCUT2D eigenvalue weighted by Crippen LogP contribution is -2.39. The van der Waals surface area contributed by atoms with Gasteiger partial charge in [-0.1, -0.05) is 0 Å². The number of anilines is 3. The van der Waals surface area contributed by atoms with Gasteiger partial charge in [0.05, 0.1) is 11.9 Å². The SMILES string of the molecule is O=C1Nc2cc(Nc3ncnc(Cl)n3)ncc2OC12CC2. The zero-order valence-corrected chi connectivity index (χ0v) is 11.4. The summed E-state index contributed by atoms with van der Waals surface area (Å²) in [6.45, 7) is 0. The van der Waals surface area contributed by atoms with Crippen LogP contribution in [0.15, 0.2) is 18.6 Å². The molecule has 8 nitrogen and oxygen atoms in total. The van der Waals surface area contributed by atoms with Gasteiger partial charge in [0.1, 0.15) is 12.1 Å². The summed E-state index contributed by atoms with van der Waals surface area (Å²) in [5, 5.41) is 5.79. The first-order chi connectivity index (χ1) is 10.1. The molecule has 1 aliphatic carbocycles. The van der Waals surface area contributed by atoms with E-state index in [-0.39, 0.29) is 17.1 Å². The first-order valence-corrected chi connectivity index (χ1v) is 6.65. The Morgan fingerprint density at radius 2 is 2.19 bits per heavy atom. The number of nitrogens with one attached hydrogen (secondary N) is 2. The third kappa shape index (κ3) is 2.13. The summed E-state index contributed by atoms with van der Waals surface area (Å²) in [6.07, 6.45) is 4.32. The maximum Gasteiger partial charge on any atom is 0.268 e. The van der Waals surface area contributed by atoms with Crippen molar-refractivity contribution >= 4 is 35.0 Å². The molecule has 106 valence electrons. The molecule has 2 aliphatic rings. The fourth-order valence-electron chi connectivity index (χ4n) is 2.08. The number of aromatic nitrogens is 4. The number of hydrogen-bond acceptors (Lipinski definition) is 7. The molecule has 1 spiro atoms. The van der Waals surface area contributed by atoms with E-state index in [2.05, 4.69) is 30.6 Å². The second kappa shape index (κ2) is 4.26. The van der Waals surface area contributed by atoms with Crippen LogP contribution in [0.1, 0.15) is 12.8 Å². The van der Waals surface area contributed by atoms with Gasteiger partial charge in [-0.3, -0.25) is 4.79 Å². The Balaban J connectivity index is 1.61. The summed E-state index contributed by atoms with van der Waals surface area (Å²) in [7, 11) is 0. The van der Waals surface area contributed by atoms with Crippen LogP contribution in [0, 0.1) is 0 Å². The van der Waals surface area contributed by atoms with Crippen LogP contribution in [0.5, 0.6) is 5.75 Å². The van der Waals surface area contributed by atoms with Crippen LogP contribution in [0.25, 0.3) is 0 Å². The predicted molar refractivity (Wildman–Crippen MR) is 73.6 cm³/mol. The lowest BCUT2D eigenvalue weighted by Gasteiger charge is -2.25. The van der Waals surface area contributed by atoms with Crippen molar-refractivity contribution in [3.05, 3.63) is 23.9 Å². The third-order valence-corrected chi connectivity index (χ3v) is 3.50. The Morgan fingerprint density at radius 1 is 1.33 bits per heavy atom. The Kier molecular flexibility index (Phi) is 2.49. The molecule has 3 heterocycles. The van der Waals surface area contributed by atoms with Gasteiger partial charge in [0.25, 0.3) is 5.91 Å². The molecule has 2 N–H and O–H groups in total. The summed E-state index contributed by atoms with van der Waals surface area (Å²) in [5.74, 6) is 1.18. The minimum absolute atomic E-state index is 0.0813. The van der Waals surface area contributed by atoms with E-state index >= 15 is 0 Å². The average molecular weight is 305 g/mol. The number of hydrogen-bond donors (Lipinski definition) is 2. The first kappa shape index (κ1) is 12.3. The van der Waals surface area contributed by atoms with Gasteiger partial charge in [0.15, 0.2) is 11.4 Å². The maximum absolute atomic E-state index is 11.9. The Morgan fingerprint density at radius 3 is 2.95 bits per heavy atom. The predicted octanol–water partition coefficient (Wildman–Crippen LogP) is 1.53. The molecule has 21 heavy (non-hydrogen) atoms. The maximum atomic E-state index is 11.9. The van der Waals surface area contributed by atoms with Crippen molar-refractivity contribution in [1.29, 1.82) is 0 Å². The fraction of sp³-hybridized carbons (Fsp3) is 0.250. The van der Waals surface area contributed by atoms with E-state index in [4.69, 9.17) is 16.3 Å². The van der Waals surface area contributed by atoms with E-state index in [0.717, 1.165) is 12.8 Å². The quantitative estimate of drug-likeness (QED) is 0.867. The number of halogens is 1. The summed E-state index contributed by atoms with van der Waals surface area (Å²) >= 11 is 5.68. The van der Waals surface area contributed by atoms with Crippen molar-refractivity contribution in [3.63, 3.8) is 0 Å². The molecule has 9 heteroatoms. The molecule has 2 aromatic heterocycles. The highest BCUT2D eigenvalue weighted by atomic mass is 35.5. The number of amides is 1. The highest BCUT2D eigenvalue weighted by Gasteiger charge is 2.55. The Labute approximate surface area is 123 Å². The number of pyridine rings is 1. The van der Waals surface area contributed by atoms with Gasteiger partial charge in [-0.05, 0) is 11.6 Å². The highest BCUT2D eigenvalue weighted by molar-refractivity contribution is 6.28. The van der Waals surface area contributed by atoms with E-state index in [1.54, 1.807) is 12.3 Å². The molecule has 1 amide bonds. The van der Waals surface area contributed by atoms with Crippen molar-refractivity contribution < 1.29 is 9.53 Å². The molecular formula is C12H9ClN6O2. The molecule has 4 rings (SSSR count). The summed E-state index contributed by atoms with van der Waals surface area (Å²) < 4.78 is 5.70. The largest absolute Gasteiger partial charge is 0.474 e. The van der Waals surface area contributed by atoms with E-state index in [1.807, 2.05) is 0 Å². The smallest absolute Gasteiger partial charge is 0.268 e. The molecule has 0 radical (unpaired) electrons. The number of carbonyl (C=O) groups excluding carboxylic acids is 1. The van der Waals surface area contributed by atoms with Crippen molar-refractivity contribution in [2.24, 2.45) is 0 Å². The summed E-state index contributed by atoms with van der Waals surface area (Å²) in [5.41, 5.74) is -0.110. The lowest BCUT2D eigenvalue weighted by molar-refractivity contribution is -0.125. The molecule has 1 aliphatic heterocycles. The van der Waals surface area contributed by atoms with Gasteiger partial charge in [-0.25, -0.2) is 15.0 Å². The van der Waals surface area contributed by atoms with Crippen molar-refractivity contribution in [3.8, 4) is 5.75 Å². The van der Waals surface area contributed by atoms with Gasteiger partial charge < -0.3 is 15.4 Å². The zero-order valence-electron chi connectivity index (χ0n) is 10.6. The molecule has 0 aromatic carbocycles. The number of nitrogens with zero attached hydrogens (tertiary/aromatic N) is 4. The van der Waals surface area contributed by atoms with E-state index in [1.165, 1.54) is 6.33 Å². The molecule has 0 unspecified atom stereocenters. The molecule has 1 saturated carbocycles. The third-order valence-electron chi connectivity index (χ3n) is 3.32. The van der Waals surface area contributed by atoms with Crippen LogP contribution in [-0.4, -0.2) is 31.4 Å². The van der Waals surface area contributed by atoms with Crippen LogP contribution >= 0.6 is 11.6 Å². The van der Waals surface area contributed by atoms with Crippen LogP contribution in [-0.2, 0) is 4.79 Å². The molecule has 2 aromatic rings. The lowest BCUT2D eigenvalue weighted by atomic mass is 10.2. The molecular weight excluding hydrogens is 296 g/mol. The number of carbonyl (C=O) groups is 1. The molecule has 0 saturated heterocycles. The standard InChI is InChI=1S/C12H9ClN6O2/c13-10-15-5-16-11(19-10)18-8-3-6-7(4-14-8)21-12(1-2-12)9(20)17-6/h3-5H,1-2H2,(H,17,20)(H,14,15,16,18,19). The molecule has 0 atom stereocenters. The summed E-state index contributed by atoms with van der Waals surface area (Å²) in [6, 6.07) is 1.65. The van der Waals surface area contributed by atoms with Gasteiger partial charge in [0.2, 0.25) is 11.2 Å². The zero-order chi connectivity index (χ0) is 14.4. The van der Waals surface area contributed by atoms with Crippen LogP contribution < -0.4 is 15.4 Å². The number of rotatable bonds is 2. The van der Waals surface area contributed by atoms with Crippen molar-refractivity contribution in [2.75, 3.05) is 10.6 Å². The van der Waals surface area contributed by atoms with E-state index < -0.39 is 5.60 Å². The normalized spacial score (nSPS) is 17.7. The highest BCUT2D eigenvalue weighted by Crippen LogP contribution is 2.46. The topological polar surface area (TPSA) is 102 Å². The first-order valence-electron chi connectivity index (χ1n) is 6.27. The minimum Gasteiger partial charge on any atom is -0.474 e. The van der Waals surface area contributed by atoms with Crippen LogP contribution in [0.2, 0.25) is 5.28 Å². The van der Waals surface area contributed by atoms with Gasteiger partial charge >= 0.3 is 0 Å². The van der Waals surface area contributed by atoms with Crippen LogP contribution in [0.4, 0.5) is 17.5 Å². The number of ether oxygens (including phenoxy) is 1. The average Bonchev–Trinajstić information content (AvgIpc) is 3.21. The molecule has 1 fully saturated rings. The molecule has 0 bridgehead atoms. The second-order valence-electron chi connectivity index (χ2n) is 4.82. The van der Waals surface area contributed by atoms with Crippen LogP contribution in [0.3, 0.4) is 0 Å². The number of fused-ring (bicyclic) bond motifs is 1. The summed E-state index contributed by atoms with van der Waals surface area (Å²) in [4.78, 5) is 27.6. The monoisotopic (exact) mass is 304 g/mol. The van der Waals surface area contributed by atoms with Crippen molar-refractivity contribution in [2.45, 2.75) is 18.4 Å². The van der Waals surface area contributed by atoms with Crippen molar-refractivity contribution in [1.82, 2.24) is 19.9 Å². The van der Waals surface area contributed by atoms with Gasteiger partial charge in [-0.15, -0.1) is 0 Å². The fourth-order valence-corrected chi connectivity index (χ4v) is 2.20. The van der Waals surface area contributed by atoms with E-state index in [0.29, 0.717) is 17.3 Å². The second-order valence-corrected chi connectivity index (χ2v) is 5.16. The Bertz CT molecular complexity index is 748. The minimum atomic E-state index is -0.675. The van der Waals surface area contributed by atoms with Gasteiger partial charge in [-0.2, -0.15) is 4.98 Å². The Hall–Kier alpha value is -2.48. The van der Waals surface area contributed by atoms with E-state index in [9.17, 15) is 4.79 Å².